The van der Waals surface area contributed by atoms with Gasteiger partial charge in [0.1, 0.15) is 5.69 Å². The molecule has 1 amide bonds. The normalized spacial score (nSPS) is 10.2. The lowest BCUT2D eigenvalue weighted by Gasteiger charge is -2.21. The molecule has 0 bridgehead atoms. The molecule has 4 nitrogen and oxygen atoms in total. The Morgan fingerprint density at radius 1 is 1.24 bits per heavy atom. The van der Waals surface area contributed by atoms with Gasteiger partial charge in [0.25, 0.3) is 5.91 Å². The highest BCUT2D eigenvalue weighted by Gasteiger charge is 2.10. The first kappa shape index (κ1) is 15.5. The highest BCUT2D eigenvalue weighted by Crippen LogP contribution is 2.18. The molecule has 110 valence electrons. The third-order valence-corrected chi connectivity index (χ3v) is 3.68. The highest BCUT2D eigenvalue weighted by molar-refractivity contribution is 9.10. The molecule has 0 saturated carbocycles. The number of benzene rings is 1. The minimum Gasteiger partial charge on any atom is -0.372 e. The van der Waals surface area contributed by atoms with Crippen LogP contribution in [-0.4, -0.2) is 24.0 Å². The van der Waals surface area contributed by atoms with Crippen molar-refractivity contribution < 1.29 is 4.79 Å². The van der Waals surface area contributed by atoms with Gasteiger partial charge in [0, 0.05) is 35.1 Å². The van der Waals surface area contributed by atoms with Gasteiger partial charge in [0.15, 0.2) is 0 Å². The van der Waals surface area contributed by atoms with E-state index in [1.165, 1.54) is 0 Å². The molecule has 0 aliphatic rings. The summed E-state index contributed by atoms with van der Waals surface area (Å²) in [6, 6.07) is 11.2. The minimum absolute atomic E-state index is 0.206. The van der Waals surface area contributed by atoms with E-state index in [4.69, 9.17) is 0 Å². The molecular weight excluding hydrogens is 330 g/mol. The van der Waals surface area contributed by atoms with Crippen molar-refractivity contribution in [2.45, 2.75) is 13.8 Å². The Kier molecular flexibility index (Phi) is 5.33. The SMILES string of the molecule is CCN(CC)c1ccnc(C(=O)Nc2cccc(Br)c2)c1. The van der Waals surface area contributed by atoms with Crippen LogP contribution in [0.2, 0.25) is 0 Å². The fourth-order valence-electron chi connectivity index (χ4n) is 2.09. The van der Waals surface area contributed by atoms with Crippen molar-refractivity contribution in [3.8, 4) is 0 Å². The predicted octanol–water partition coefficient (Wildman–Crippen LogP) is 3.94. The van der Waals surface area contributed by atoms with Crippen LogP contribution in [0.1, 0.15) is 24.3 Å². The lowest BCUT2D eigenvalue weighted by Crippen LogP contribution is -2.22. The van der Waals surface area contributed by atoms with Crippen molar-refractivity contribution in [1.29, 1.82) is 0 Å². The van der Waals surface area contributed by atoms with Gasteiger partial charge in [0.2, 0.25) is 0 Å². The first-order chi connectivity index (χ1) is 10.1. The molecule has 1 aromatic carbocycles. The quantitative estimate of drug-likeness (QED) is 0.890. The molecular formula is C16H18BrN3O. The number of nitrogens with zero attached hydrogens (tertiary/aromatic N) is 2. The number of nitrogens with one attached hydrogen (secondary N) is 1. The van der Waals surface area contributed by atoms with Crippen LogP contribution in [0.25, 0.3) is 0 Å². The molecule has 0 atom stereocenters. The fourth-order valence-corrected chi connectivity index (χ4v) is 2.49. The van der Waals surface area contributed by atoms with Crippen LogP contribution < -0.4 is 10.2 Å². The Hall–Kier alpha value is -1.88. The summed E-state index contributed by atoms with van der Waals surface area (Å²) in [6.07, 6.45) is 1.67. The van der Waals surface area contributed by atoms with Gasteiger partial charge in [-0.1, -0.05) is 22.0 Å². The van der Waals surface area contributed by atoms with E-state index in [-0.39, 0.29) is 5.91 Å². The van der Waals surface area contributed by atoms with Gasteiger partial charge in [-0.15, -0.1) is 0 Å². The summed E-state index contributed by atoms with van der Waals surface area (Å²) in [6.45, 7) is 5.97. The van der Waals surface area contributed by atoms with Gasteiger partial charge >= 0.3 is 0 Å². The number of carbonyl (C=O) groups excluding carboxylic acids is 1. The predicted molar refractivity (Wildman–Crippen MR) is 89.9 cm³/mol. The number of pyridine rings is 1. The maximum absolute atomic E-state index is 12.3. The topological polar surface area (TPSA) is 45.2 Å². The molecule has 0 fully saturated rings. The second-order valence-corrected chi connectivity index (χ2v) is 5.45. The number of hydrogen-bond acceptors (Lipinski definition) is 3. The third kappa shape index (κ3) is 4.04. The maximum atomic E-state index is 12.3. The zero-order valence-corrected chi connectivity index (χ0v) is 13.7. The molecule has 0 aliphatic carbocycles. The average Bonchev–Trinajstić information content (AvgIpc) is 2.49. The Balaban J connectivity index is 2.18. The summed E-state index contributed by atoms with van der Waals surface area (Å²) in [5.41, 5.74) is 2.16. The van der Waals surface area contributed by atoms with Crippen molar-refractivity contribution in [3.05, 3.63) is 52.8 Å². The lowest BCUT2D eigenvalue weighted by molar-refractivity contribution is 0.102. The van der Waals surface area contributed by atoms with Crippen molar-refractivity contribution in [2.24, 2.45) is 0 Å². The lowest BCUT2D eigenvalue weighted by atomic mass is 10.2. The summed E-state index contributed by atoms with van der Waals surface area (Å²) in [5.74, 6) is -0.206. The van der Waals surface area contributed by atoms with Gasteiger partial charge in [-0.25, -0.2) is 0 Å². The first-order valence-electron chi connectivity index (χ1n) is 6.92. The fraction of sp³-hybridized carbons (Fsp3) is 0.250. The first-order valence-corrected chi connectivity index (χ1v) is 7.71. The summed E-state index contributed by atoms with van der Waals surface area (Å²) in [7, 11) is 0. The second-order valence-electron chi connectivity index (χ2n) is 4.54. The molecule has 21 heavy (non-hydrogen) atoms. The van der Waals surface area contributed by atoms with E-state index >= 15 is 0 Å². The number of anilines is 2. The van der Waals surface area contributed by atoms with Gasteiger partial charge < -0.3 is 10.2 Å². The molecule has 5 heteroatoms. The van der Waals surface area contributed by atoms with Gasteiger partial charge in [-0.2, -0.15) is 0 Å². The molecule has 1 aromatic heterocycles. The van der Waals surface area contributed by atoms with E-state index in [9.17, 15) is 4.79 Å². The second kappa shape index (κ2) is 7.22. The number of carbonyl (C=O) groups is 1. The van der Waals surface area contributed by atoms with Crippen LogP contribution in [0, 0.1) is 0 Å². The summed E-state index contributed by atoms with van der Waals surface area (Å²) in [5, 5.41) is 2.85. The van der Waals surface area contributed by atoms with Crippen molar-refractivity contribution in [1.82, 2.24) is 4.98 Å². The number of rotatable bonds is 5. The molecule has 2 rings (SSSR count). The zero-order valence-electron chi connectivity index (χ0n) is 12.1. The smallest absolute Gasteiger partial charge is 0.274 e. The standard InChI is InChI=1S/C16H18BrN3O/c1-3-20(4-2)14-8-9-18-15(11-14)16(21)19-13-7-5-6-12(17)10-13/h5-11H,3-4H2,1-2H3,(H,19,21). The summed E-state index contributed by atoms with van der Waals surface area (Å²) in [4.78, 5) is 18.6. The molecule has 2 aromatic rings. The Bertz CT molecular complexity index is 626. The van der Waals surface area contributed by atoms with Crippen LogP contribution in [0.4, 0.5) is 11.4 Å². The monoisotopic (exact) mass is 347 g/mol. The Morgan fingerprint density at radius 3 is 2.67 bits per heavy atom. The van der Waals surface area contributed by atoms with E-state index in [1.807, 2.05) is 36.4 Å². The van der Waals surface area contributed by atoms with Crippen molar-refractivity contribution in [3.63, 3.8) is 0 Å². The van der Waals surface area contributed by atoms with Crippen LogP contribution in [0.5, 0.6) is 0 Å². The average molecular weight is 348 g/mol. The van der Waals surface area contributed by atoms with E-state index in [2.05, 4.69) is 45.0 Å². The maximum Gasteiger partial charge on any atom is 0.274 e. The van der Waals surface area contributed by atoms with Crippen LogP contribution in [0.15, 0.2) is 47.1 Å². The largest absolute Gasteiger partial charge is 0.372 e. The zero-order chi connectivity index (χ0) is 15.2. The molecule has 1 heterocycles. The van der Waals surface area contributed by atoms with E-state index < -0.39 is 0 Å². The third-order valence-electron chi connectivity index (χ3n) is 3.19. The minimum atomic E-state index is -0.206. The molecule has 0 radical (unpaired) electrons. The van der Waals surface area contributed by atoms with E-state index in [1.54, 1.807) is 6.20 Å². The summed E-state index contributed by atoms with van der Waals surface area (Å²) < 4.78 is 0.921. The van der Waals surface area contributed by atoms with Gasteiger partial charge in [0.05, 0.1) is 0 Å². The summed E-state index contributed by atoms with van der Waals surface area (Å²) >= 11 is 3.38. The van der Waals surface area contributed by atoms with Gasteiger partial charge in [-0.3, -0.25) is 9.78 Å². The molecule has 0 spiro atoms. The number of amides is 1. The number of aromatic nitrogens is 1. The number of hydrogen-bond donors (Lipinski definition) is 1. The molecule has 0 unspecified atom stereocenters. The molecule has 1 N–H and O–H groups in total. The van der Waals surface area contributed by atoms with Gasteiger partial charge in [-0.05, 0) is 44.2 Å². The van der Waals surface area contributed by atoms with Crippen LogP contribution >= 0.6 is 15.9 Å². The number of halogens is 1. The Morgan fingerprint density at radius 2 is 2.00 bits per heavy atom. The molecule has 0 aliphatic heterocycles. The molecule has 0 saturated heterocycles. The Labute approximate surface area is 133 Å². The van der Waals surface area contributed by atoms with E-state index in [0.29, 0.717) is 5.69 Å². The van der Waals surface area contributed by atoms with Crippen molar-refractivity contribution >= 4 is 33.2 Å². The van der Waals surface area contributed by atoms with E-state index in [0.717, 1.165) is 28.9 Å². The van der Waals surface area contributed by atoms with Crippen LogP contribution in [0.3, 0.4) is 0 Å². The highest BCUT2D eigenvalue weighted by atomic mass is 79.9. The van der Waals surface area contributed by atoms with Crippen LogP contribution in [-0.2, 0) is 0 Å². The van der Waals surface area contributed by atoms with Crippen molar-refractivity contribution in [2.75, 3.05) is 23.3 Å².